The maximum Gasteiger partial charge on any atom is 0.134 e. The lowest BCUT2D eigenvalue weighted by Gasteiger charge is -2.19. The zero-order valence-corrected chi connectivity index (χ0v) is 13.7. The Balaban J connectivity index is 1.89. The fourth-order valence-corrected chi connectivity index (χ4v) is 4.73. The Kier molecular flexibility index (Phi) is 6.61. The van der Waals surface area contributed by atoms with Crippen LogP contribution in [0.2, 0.25) is 0 Å². The largest absolute Gasteiger partial charge is 0.308 e. The molecule has 0 aliphatic carbocycles. The molecule has 3 nitrogen and oxygen atoms in total. The zero-order chi connectivity index (χ0) is 13.5. The number of nitrogens with zero attached hydrogens (tertiary/aromatic N) is 2. The van der Waals surface area contributed by atoms with Gasteiger partial charge in [-0.2, -0.15) is 11.8 Å². The van der Waals surface area contributed by atoms with Crippen molar-refractivity contribution in [2.45, 2.75) is 52.0 Å². The molecule has 1 aliphatic heterocycles. The van der Waals surface area contributed by atoms with E-state index in [0.717, 1.165) is 25.3 Å². The summed E-state index contributed by atoms with van der Waals surface area (Å²) in [6.07, 6.45) is 6.11. The summed E-state index contributed by atoms with van der Waals surface area (Å²) in [4.78, 5) is 0. The lowest BCUT2D eigenvalue weighted by molar-refractivity contribution is 0.484. The lowest BCUT2D eigenvalue weighted by atomic mass is 9.99. The summed E-state index contributed by atoms with van der Waals surface area (Å²) in [6.45, 7) is 5.48. The maximum atomic E-state index is 4.41. The topological polar surface area (TPSA) is 37.8 Å². The van der Waals surface area contributed by atoms with Crippen LogP contribution in [0.1, 0.15) is 55.6 Å². The zero-order valence-electron chi connectivity index (χ0n) is 12.0. The molecule has 1 atom stereocenters. The van der Waals surface area contributed by atoms with Gasteiger partial charge in [-0.25, -0.2) is 0 Å². The first-order chi connectivity index (χ1) is 9.33. The second kappa shape index (κ2) is 8.22. The SMILES string of the molecule is CCCNC(CC)c1nnc(CC2CCSCC2)s1. The number of hydrogen-bond donors (Lipinski definition) is 1. The Morgan fingerprint density at radius 2 is 2.05 bits per heavy atom. The highest BCUT2D eigenvalue weighted by molar-refractivity contribution is 7.99. The molecule has 1 unspecified atom stereocenters. The molecule has 1 aromatic heterocycles. The van der Waals surface area contributed by atoms with Crippen molar-refractivity contribution in [1.29, 1.82) is 0 Å². The fourth-order valence-electron chi connectivity index (χ4n) is 2.41. The molecule has 1 aliphatic rings. The van der Waals surface area contributed by atoms with Gasteiger partial charge in [0, 0.05) is 6.42 Å². The van der Waals surface area contributed by atoms with E-state index in [1.807, 2.05) is 11.3 Å². The van der Waals surface area contributed by atoms with Gasteiger partial charge in [0.2, 0.25) is 0 Å². The van der Waals surface area contributed by atoms with Gasteiger partial charge in [-0.05, 0) is 49.7 Å². The third-order valence-electron chi connectivity index (χ3n) is 3.63. The molecule has 5 heteroatoms. The molecule has 108 valence electrons. The molecule has 2 rings (SSSR count). The van der Waals surface area contributed by atoms with Gasteiger partial charge in [0.25, 0.3) is 0 Å². The Morgan fingerprint density at radius 1 is 1.26 bits per heavy atom. The average Bonchev–Trinajstić information content (AvgIpc) is 2.89. The van der Waals surface area contributed by atoms with E-state index in [4.69, 9.17) is 0 Å². The van der Waals surface area contributed by atoms with Crippen molar-refractivity contribution in [3.8, 4) is 0 Å². The number of aromatic nitrogens is 2. The number of thioether (sulfide) groups is 1. The van der Waals surface area contributed by atoms with Gasteiger partial charge >= 0.3 is 0 Å². The summed E-state index contributed by atoms with van der Waals surface area (Å²) in [5.74, 6) is 3.49. The minimum atomic E-state index is 0.396. The molecule has 0 bridgehead atoms. The van der Waals surface area contributed by atoms with Crippen LogP contribution in [0.3, 0.4) is 0 Å². The molecule has 0 aromatic carbocycles. The molecule has 0 amide bonds. The summed E-state index contributed by atoms with van der Waals surface area (Å²) in [5, 5.41) is 14.8. The Morgan fingerprint density at radius 3 is 2.74 bits per heavy atom. The molecule has 0 saturated carbocycles. The van der Waals surface area contributed by atoms with E-state index in [1.54, 1.807) is 0 Å². The van der Waals surface area contributed by atoms with Gasteiger partial charge < -0.3 is 5.32 Å². The molecular weight excluding hydrogens is 274 g/mol. The van der Waals surface area contributed by atoms with E-state index < -0.39 is 0 Å². The van der Waals surface area contributed by atoms with E-state index >= 15 is 0 Å². The summed E-state index contributed by atoms with van der Waals surface area (Å²) >= 11 is 3.91. The smallest absolute Gasteiger partial charge is 0.134 e. The number of rotatable bonds is 7. The van der Waals surface area contributed by atoms with E-state index in [2.05, 4.69) is 41.1 Å². The normalized spacial score (nSPS) is 18.6. The first-order valence-electron chi connectivity index (χ1n) is 7.46. The van der Waals surface area contributed by atoms with Crippen LogP contribution in [0.4, 0.5) is 0 Å². The minimum Gasteiger partial charge on any atom is -0.308 e. The van der Waals surface area contributed by atoms with E-state index in [0.29, 0.717) is 6.04 Å². The summed E-state index contributed by atoms with van der Waals surface area (Å²) in [5.41, 5.74) is 0. The van der Waals surface area contributed by atoms with Crippen molar-refractivity contribution in [1.82, 2.24) is 15.5 Å². The van der Waals surface area contributed by atoms with Gasteiger partial charge in [0.15, 0.2) is 0 Å². The highest BCUT2D eigenvalue weighted by Gasteiger charge is 2.18. The molecular formula is C14H25N3S2. The predicted molar refractivity (Wildman–Crippen MR) is 85.0 cm³/mol. The minimum absolute atomic E-state index is 0.396. The Hall–Kier alpha value is -0.130. The second-order valence-electron chi connectivity index (χ2n) is 5.21. The van der Waals surface area contributed by atoms with Crippen molar-refractivity contribution < 1.29 is 0 Å². The second-order valence-corrected chi connectivity index (χ2v) is 7.53. The summed E-state index contributed by atoms with van der Waals surface area (Å²) in [7, 11) is 0. The highest BCUT2D eigenvalue weighted by atomic mass is 32.2. The molecule has 0 spiro atoms. The van der Waals surface area contributed by atoms with Crippen LogP contribution in [0, 0.1) is 5.92 Å². The van der Waals surface area contributed by atoms with Crippen molar-refractivity contribution >= 4 is 23.1 Å². The molecule has 1 N–H and O–H groups in total. The first-order valence-corrected chi connectivity index (χ1v) is 9.44. The van der Waals surface area contributed by atoms with Gasteiger partial charge in [0.05, 0.1) is 6.04 Å². The third kappa shape index (κ3) is 4.72. The van der Waals surface area contributed by atoms with Crippen LogP contribution in [0.5, 0.6) is 0 Å². The van der Waals surface area contributed by atoms with E-state index in [-0.39, 0.29) is 0 Å². The van der Waals surface area contributed by atoms with Crippen molar-refractivity contribution in [2.24, 2.45) is 5.92 Å². The standard InChI is InChI=1S/C14H25N3S2/c1-3-7-15-12(4-2)14-17-16-13(19-14)10-11-5-8-18-9-6-11/h11-12,15H,3-10H2,1-2H3. The van der Waals surface area contributed by atoms with Crippen LogP contribution in [-0.2, 0) is 6.42 Å². The molecule has 1 saturated heterocycles. The van der Waals surface area contributed by atoms with Crippen LogP contribution in [-0.4, -0.2) is 28.2 Å². The average molecular weight is 300 g/mol. The van der Waals surface area contributed by atoms with Crippen LogP contribution in [0.15, 0.2) is 0 Å². The van der Waals surface area contributed by atoms with Crippen LogP contribution in [0.25, 0.3) is 0 Å². The Labute approximate surface area is 125 Å². The van der Waals surface area contributed by atoms with E-state index in [1.165, 1.54) is 40.8 Å². The maximum absolute atomic E-state index is 4.41. The summed E-state index contributed by atoms with van der Waals surface area (Å²) < 4.78 is 0. The first kappa shape index (κ1) is 15.3. The Bertz CT molecular complexity index is 361. The van der Waals surface area contributed by atoms with Gasteiger partial charge in [0.1, 0.15) is 10.0 Å². The molecule has 1 aromatic rings. The molecule has 2 heterocycles. The highest BCUT2D eigenvalue weighted by Crippen LogP contribution is 2.28. The van der Waals surface area contributed by atoms with Crippen LogP contribution < -0.4 is 5.32 Å². The van der Waals surface area contributed by atoms with Gasteiger partial charge in [-0.15, -0.1) is 10.2 Å². The molecule has 19 heavy (non-hydrogen) atoms. The van der Waals surface area contributed by atoms with Gasteiger partial charge in [-0.1, -0.05) is 25.2 Å². The van der Waals surface area contributed by atoms with Crippen molar-refractivity contribution in [3.63, 3.8) is 0 Å². The quantitative estimate of drug-likeness (QED) is 0.833. The van der Waals surface area contributed by atoms with Crippen LogP contribution >= 0.6 is 23.1 Å². The number of nitrogens with one attached hydrogen (secondary N) is 1. The lowest BCUT2D eigenvalue weighted by Crippen LogP contribution is -2.21. The van der Waals surface area contributed by atoms with Gasteiger partial charge in [-0.3, -0.25) is 0 Å². The molecule has 0 radical (unpaired) electrons. The third-order valence-corrected chi connectivity index (χ3v) is 5.74. The number of hydrogen-bond acceptors (Lipinski definition) is 5. The monoisotopic (exact) mass is 299 g/mol. The fraction of sp³-hybridized carbons (Fsp3) is 0.857. The van der Waals surface area contributed by atoms with Crippen molar-refractivity contribution in [3.05, 3.63) is 10.0 Å². The van der Waals surface area contributed by atoms with Crippen molar-refractivity contribution in [2.75, 3.05) is 18.1 Å². The van der Waals surface area contributed by atoms with E-state index in [9.17, 15) is 0 Å². The predicted octanol–water partition coefficient (Wildman–Crippen LogP) is 3.67. The summed E-state index contributed by atoms with van der Waals surface area (Å²) in [6, 6.07) is 0.396. The molecule has 1 fully saturated rings.